The van der Waals surface area contributed by atoms with E-state index in [9.17, 15) is 4.79 Å². The van der Waals surface area contributed by atoms with Crippen molar-refractivity contribution in [2.45, 2.75) is 18.9 Å². The van der Waals surface area contributed by atoms with Gasteiger partial charge in [-0.15, -0.1) is 0 Å². The molecule has 3 aromatic rings. The van der Waals surface area contributed by atoms with Gasteiger partial charge in [-0.05, 0) is 30.5 Å². The summed E-state index contributed by atoms with van der Waals surface area (Å²) < 4.78 is 0. The topological polar surface area (TPSA) is 61.0 Å². The summed E-state index contributed by atoms with van der Waals surface area (Å²) in [6.45, 7) is 5.08. The van der Waals surface area contributed by atoms with Crippen LogP contribution in [0.2, 0.25) is 0 Å². The number of H-pyrrole nitrogens is 1. The van der Waals surface area contributed by atoms with Crippen LogP contribution in [0.3, 0.4) is 0 Å². The molecule has 1 aliphatic rings. The molecule has 5 heteroatoms. The Morgan fingerprint density at radius 1 is 1.27 bits per heavy atom. The number of aromatic nitrogens is 2. The Morgan fingerprint density at radius 2 is 2.04 bits per heavy atom. The van der Waals surface area contributed by atoms with Crippen LogP contribution in [0.25, 0.3) is 22.2 Å². The van der Waals surface area contributed by atoms with Crippen molar-refractivity contribution in [3.63, 3.8) is 0 Å². The average Bonchev–Trinajstić information content (AvgIpc) is 3.12. The number of rotatable bonds is 4. The lowest BCUT2D eigenvalue weighted by Gasteiger charge is -2.32. The fourth-order valence-corrected chi connectivity index (χ4v) is 3.55. The Morgan fingerprint density at radius 3 is 2.77 bits per heavy atom. The molecule has 0 atom stereocenters. The number of hydrogen-bond acceptors (Lipinski definition) is 3. The minimum Gasteiger partial charge on any atom is -0.381 e. The molecule has 1 amide bonds. The summed E-state index contributed by atoms with van der Waals surface area (Å²) in [6.07, 6.45) is 7.13. The maximum Gasteiger partial charge on any atom is 0.245 e. The van der Waals surface area contributed by atoms with Gasteiger partial charge in [0.25, 0.3) is 0 Å². The first-order chi connectivity index (χ1) is 12.7. The highest BCUT2D eigenvalue weighted by molar-refractivity contribution is 5.95. The standard InChI is InChI=1S/C21H22N4O/c1-2-20(26)25-10-8-16(9-11-25)24-17-12-18-19(14-23-21(18)22-13-17)15-6-4-3-5-7-15/h2-7,12-14,16,24H,1,8-11H2,(H,22,23). The molecule has 1 fully saturated rings. The number of piperidine rings is 1. The van der Waals surface area contributed by atoms with E-state index in [-0.39, 0.29) is 5.91 Å². The van der Waals surface area contributed by atoms with E-state index in [0.29, 0.717) is 6.04 Å². The van der Waals surface area contributed by atoms with Gasteiger partial charge in [0.1, 0.15) is 5.65 Å². The Labute approximate surface area is 152 Å². The van der Waals surface area contributed by atoms with E-state index in [1.54, 1.807) is 0 Å². The molecular weight excluding hydrogens is 324 g/mol. The van der Waals surface area contributed by atoms with Crippen LogP contribution in [0.1, 0.15) is 12.8 Å². The first-order valence-electron chi connectivity index (χ1n) is 8.95. The van der Waals surface area contributed by atoms with E-state index in [1.807, 2.05) is 35.5 Å². The SMILES string of the molecule is C=CC(=O)N1CCC(Nc2cnc3[nH]cc(-c4ccccc4)c3c2)CC1. The lowest BCUT2D eigenvalue weighted by Crippen LogP contribution is -2.41. The molecular formula is C21H22N4O. The average molecular weight is 346 g/mol. The fourth-order valence-electron chi connectivity index (χ4n) is 3.55. The van der Waals surface area contributed by atoms with Crippen LogP contribution in [0, 0.1) is 0 Å². The minimum absolute atomic E-state index is 0.0198. The van der Waals surface area contributed by atoms with Crippen molar-refractivity contribution in [1.82, 2.24) is 14.9 Å². The molecule has 0 saturated carbocycles. The summed E-state index contributed by atoms with van der Waals surface area (Å²) in [6, 6.07) is 12.8. The maximum atomic E-state index is 11.7. The highest BCUT2D eigenvalue weighted by atomic mass is 16.2. The number of aromatic amines is 1. The molecule has 0 spiro atoms. The van der Waals surface area contributed by atoms with Crippen LogP contribution in [-0.2, 0) is 4.79 Å². The van der Waals surface area contributed by atoms with E-state index < -0.39 is 0 Å². The number of fused-ring (bicyclic) bond motifs is 1. The second kappa shape index (κ2) is 7.04. The molecule has 1 saturated heterocycles. The van der Waals surface area contributed by atoms with Gasteiger partial charge in [-0.25, -0.2) is 4.98 Å². The van der Waals surface area contributed by atoms with E-state index >= 15 is 0 Å². The molecule has 0 bridgehead atoms. The number of likely N-dealkylation sites (tertiary alicyclic amines) is 1. The van der Waals surface area contributed by atoms with Gasteiger partial charge in [0, 0.05) is 36.3 Å². The second-order valence-corrected chi connectivity index (χ2v) is 6.64. The molecule has 1 aliphatic heterocycles. The Kier molecular flexibility index (Phi) is 4.44. The van der Waals surface area contributed by atoms with Crippen molar-refractivity contribution in [2.75, 3.05) is 18.4 Å². The first kappa shape index (κ1) is 16.4. The quantitative estimate of drug-likeness (QED) is 0.706. The van der Waals surface area contributed by atoms with Crippen LogP contribution in [0.15, 0.2) is 61.4 Å². The maximum absolute atomic E-state index is 11.7. The number of hydrogen-bond donors (Lipinski definition) is 2. The normalized spacial score (nSPS) is 15.2. The van der Waals surface area contributed by atoms with Crippen molar-refractivity contribution >= 4 is 22.6 Å². The van der Waals surface area contributed by atoms with E-state index in [0.717, 1.165) is 48.2 Å². The number of nitrogens with one attached hydrogen (secondary N) is 2. The van der Waals surface area contributed by atoms with Gasteiger partial charge in [-0.1, -0.05) is 36.9 Å². The van der Waals surface area contributed by atoms with Gasteiger partial charge in [0.05, 0.1) is 11.9 Å². The molecule has 0 unspecified atom stereocenters. The van der Waals surface area contributed by atoms with Crippen LogP contribution < -0.4 is 5.32 Å². The smallest absolute Gasteiger partial charge is 0.245 e. The molecule has 0 radical (unpaired) electrons. The van der Waals surface area contributed by atoms with Gasteiger partial charge in [0.15, 0.2) is 0 Å². The first-order valence-corrected chi connectivity index (χ1v) is 8.95. The van der Waals surface area contributed by atoms with Crippen molar-refractivity contribution < 1.29 is 4.79 Å². The summed E-state index contributed by atoms with van der Waals surface area (Å²) in [5.74, 6) is 0.0198. The molecule has 132 valence electrons. The Balaban J connectivity index is 1.51. The number of carbonyl (C=O) groups excluding carboxylic acids is 1. The molecule has 0 aliphatic carbocycles. The third-order valence-electron chi connectivity index (χ3n) is 4.97. The number of nitrogens with zero attached hydrogens (tertiary/aromatic N) is 2. The van der Waals surface area contributed by atoms with Crippen molar-refractivity contribution in [1.29, 1.82) is 0 Å². The molecule has 26 heavy (non-hydrogen) atoms. The number of carbonyl (C=O) groups is 1. The van der Waals surface area contributed by atoms with Gasteiger partial charge in [-0.3, -0.25) is 4.79 Å². The highest BCUT2D eigenvalue weighted by Crippen LogP contribution is 2.29. The Bertz CT molecular complexity index is 924. The third-order valence-corrected chi connectivity index (χ3v) is 4.97. The molecule has 2 N–H and O–H groups in total. The summed E-state index contributed by atoms with van der Waals surface area (Å²) >= 11 is 0. The zero-order valence-electron chi connectivity index (χ0n) is 14.6. The summed E-state index contributed by atoms with van der Waals surface area (Å²) in [4.78, 5) is 21.4. The third kappa shape index (κ3) is 3.20. The number of amides is 1. The van der Waals surface area contributed by atoms with Crippen LogP contribution in [0.5, 0.6) is 0 Å². The summed E-state index contributed by atoms with van der Waals surface area (Å²) in [7, 11) is 0. The fraction of sp³-hybridized carbons (Fsp3) is 0.238. The van der Waals surface area contributed by atoms with Gasteiger partial charge >= 0.3 is 0 Å². The lowest BCUT2D eigenvalue weighted by atomic mass is 10.0. The molecule has 5 nitrogen and oxygen atoms in total. The predicted molar refractivity (Wildman–Crippen MR) is 105 cm³/mol. The van der Waals surface area contributed by atoms with Crippen LogP contribution >= 0.6 is 0 Å². The summed E-state index contributed by atoms with van der Waals surface area (Å²) in [5, 5.41) is 4.69. The predicted octanol–water partition coefficient (Wildman–Crippen LogP) is 3.82. The molecule has 2 aromatic heterocycles. The second-order valence-electron chi connectivity index (χ2n) is 6.64. The zero-order valence-corrected chi connectivity index (χ0v) is 14.6. The number of benzene rings is 1. The number of anilines is 1. The van der Waals surface area contributed by atoms with Crippen molar-refractivity contribution in [2.24, 2.45) is 0 Å². The summed E-state index contributed by atoms with van der Waals surface area (Å²) in [5.41, 5.74) is 4.24. The molecule has 1 aromatic carbocycles. The number of pyridine rings is 1. The van der Waals surface area contributed by atoms with Crippen LogP contribution in [-0.4, -0.2) is 39.9 Å². The minimum atomic E-state index is 0.0198. The highest BCUT2D eigenvalue weighted by Gasteiger charge is 2.21. The Hall–Kier alpha value is -3.08. The lowest BCUT2D eigenvalue weighted by molar-refractivity contribution is -0.126. The van der Waals surface area contributed by atoms with Gasteiger partial charge in [-0.2, -0.15) is 0 Å². The van der Waals surface area contributed by atoms with Gasteiger partial charge in [0.2, 0.25) is 5.91 Å². The van der Waals surface area contributed by atoms with E-state index in [2.05, 4.69) is 40.1 Å². The largest absolute Gasteiger partial charge is 0.381 e. The van der Waals surface area contributed by atoms with Crippen LogP contribution in [0.4, 0.5) is 5.69 Å². The zero-order chi connectivity index (χ0) is 17.9. The van der Waals surface area contributed by atoms with Gasteiger partial charge < -0.3 is 15.2 Å². The van der Waals surface area contributed by atoms with E-state index in [1.165, 1.54) is 11.6 Å². The monoisotopic (exact) mass is 346 g/mol. The van der Waals surface area contributed by atoms with Crippen molar-refractivity contribution in [3.8, 4) is 11.1 Å². The molecule has 3 heterocycles. The molecule has 4 rings (SSSR count). The van der Waals surface area contributed by atoms with E-state index in [4.69, 9.17) is 0 Å². The van der Waals surface area contributed by atoms with Crippen molar-refractivity contribution in [3.05, 3.63) is 61.4 Å².